The second kappa shape index (κ2) is 3.23. The Bertz CT molecular complexity index is 254. The Morgan fingerprint density at radius 1 is 1.14 bits per heavy atom. The maximum Gasteiger partial charge on any atom is 0.278 e. The van der Waals surface area contributed by atoms with Crippen LogP contribution in [-0.4, -0.2) is 24.5 Å². The number of amides is 1. The molecule has 2 saturated heterocycles. The molecule has 1 aliphatic carbocycles. The fraction of sp³-hybridized carbons (Fsp3) is 0.909. The molecule has 3 fully saturated rings. The summed E-state index contributed by atoms with van der Waals surface area (Å²) in [5.41, 5.74) is 0. The monoisotopic (exact) mass is 195 g/mol. The first-order chi connectivity index (χ1) is 6.86. The SMILES string of the molecule is O=C1NCC[C@H]2[C@H]3CCCC[C@H]3[NH2+][C@@H]12. The quantitative estimate of drug-likeness (QED) is 0.544. The van der Waals surface area contributed by atoms with Crippen molar-refractivity contribution >= 4 is 5.91 Å². The van der Waals surface area contributed by atoms with Crippen LogP contribution in [0.4, 0.5) is 0 Å². The highest BCUT2D eigenvalue weighted by Crippen LogP contribution is 2.36. The average molecular weight is 195 g/mol. The Balaban J connectivity index is 1.82. The van der Waals surface area contributed by atoms with Crippen molar-refractivity contribution in [3.8, 4) is 0 Å². The molecule has 0 aromatic rings. The van der Waals surface area contributed by atoms with Crippen molar-refractivity contribution in [2.24, 2.45) is 11.8 Å². The fourth-order valence-electron chi connectivity index (χ4n) is 3.79. The van der Waals surface area contributed by atoms with Crippen molar-refractivity contribution in [1.29, 1.82) is 0 Å². The molecule has 2 heterocycles. The number of hydrogen-bond acceptors (Lipinski definition) is 1. The lowest BCUT2D eigenvalue weighted by Gasteiger charge is -2.27. The Hall–Kier alpha value is -0.570. The molecule has 3 nitrogen and oxygen atoms in total. The summed E-state index contributed by atoms with van der Waals surface area (Å²) in [5, 5.41) is 5.36. The molecule has 3 rings (SSSR count). The normalized spacial score (nSPS) is 46.7. The molecule has 3 N–H and O–H groups in total. The minimum Gasteiger partial charge on any atom is -0.351 e. The zero-order chi connectivity index (χ0) is 9.54. The second-order valence-corrected chi connectivity index (χ2v) is 5.07. The lowest BCUT2D eigenvalue weighted by molar-refractivity contribution is -0.696. The van der Waals surface area contributed by atoms with Crippen LogP contribution in [0, 0.1) is 11.8 Å². The zero-order valence-electron chi connectivity index (χ0n) is 8.54. The summed E-state index contributed by atoms with van der Waals surface area (Å²) >= 11 is 0. The summed E-state index contributed by atoms with van der Waals surface area (Å²) in [6.45, 7) is 0.914. The molecule has 4 atom stereocenters. The number of carbonyl (C=O) groups is 1. The van der Waals surface area contributed by atoms with Gasteiger partial charge in [-0.1, -0.05) is 6.42 Å². The van der Waals surface area contributed by atoms with E-state index in [1.807, 2.05) is 0 Å². The van der Waals surface area contributed by atoms with Crippen LogP contribution in [0.1, 0.15) is 32.1 Å². The highest BCUT2D eigenvalue weighted by Gasteiger charge is 2.51. The van der Waals surface area contributed by atoms with Gasteiger partial charge in [0.2, 0.25) is 0 Å². The van der Waals surface area contributed by atoms with Gasteiger partial charge in [0.05, 0.1) is 6.04 Å². The maximum absolute atomic E-state index is 11.7. The van der Waals surface area contributed by atoms with Gasteiger partial charge in [-0.25, -0.2) is 0 Å². The molecule has 1 amide bonds. The van der Waals surface area contributed by atoms with E-state index in [2.05, 4.69) is 10.6 Å². The van der Waals surface area contributed by atoms with Gasteiger partial charge < -0.3 is 10.6 Å². The van der Waals surface area contributed by atoms with Crippen molar-refractivity contribution in [2.75, 3.05) is 6.54 Å². The first-order valence-corrected chi connectivity index (χ1v) is 5.99. The molecule has 1 saturated carbocycles. The number of carbonyl (C=O) groups excluding carboxylic acids is 1. The highest BCUT2D eigenvalue weighted by atomic mass is 16.2. The molecule has 14 heavy (non-hydrogen) atoms. The predicted molar refractivity (Wildman–Crippen MR) is 52.6 cm³/mol. The van der Waals surface area contributed by atoms with Crippen molar-refractivity contribution < 1.29 is 10.1 Å². The molecule has 0 aromatic heterocycles. The topological polar surface area (TPSA) is 45.7 Å². The molecule has 0 bridgehead atoms. The summed E-state index contributed by atoms with van der Waals surface area (Å²) in [6.07, 6.45) is 6.69. The van der Waals surface area contributed by atoms with E-state index in [4.69, 9.17) is 0 Å². The Morgan fingerprint density at radius 2 is 2.00 bits per heavy atom. The minimum absolute atomic E-state index is 0.261. The molecule has 0 aromatic carbocycles. The Morgan fingerprint density at radius 3 is 2.93 bits per heavy atom. The van der Waals surface area contributed by atoms with Gasteiger partial charge in [0.15, 0.2) is 6.04 Å². The van der Waals surface area contributed by atoms with Crippen LogP contribution in [0.25, 0.3) is 0 Å². The van der Waals surface area contributed by atoms with Gasteiger partial charge in [0.25, 0.3) is 5.91 Å². The smallest absolute Gasteiger partial charge is 0.278 e. The molecule has 3 heteroatoms. The molecular formula is C11H19N2O+. The first-order valence-electron chi connectivity index (χ1n) is 5.99. The lowest BCUT2D eigenvalue weighted by atomic mass is 9.76. The van der Waals surface area contributed by atoms with Crippen LogP contribution in [0.5, 0.6) is 0 Å². The Kier molecular flexibility index (Phi) is 2.01. The number of fused-ring (bicyclic) bond motifs is 3. The number of quaternary nitrogens is 1. The fourth-order valence-corrected chi connectivity index (χ4v) is 3.79. The van der Waals surface area contributed by atoms with Gasteiger partial charge in [-0.2, -0.15) is 0 Å². The van der Waals surface area contributed by atoms with Crippen LogP contribution in [0.2, 0.25) is 0 Å². The van der Waals surface area contributed by atoms with Gasteiger partial charge in [0, 0.05) is 18.4 Å². The van der Waals surface area contributed by atoms with E-state index < -0.39 is 0 Å². The number of nitrogens with one attached hydrogen (secondary N) is 1. The van der Waals surface area contributed by atoms with Crippen molar-refractivity contribution in [2.45, 2.75) is 44.2 Å². The number of piperidine rings is 1. The van der Waals surface area contributed by atoms with Gasteiger partial charge in [-0.15, -0.1) is 0 Å². The molecule has 2 aliphatic heterocycles. The van der Waals surface area contributed by atoms with E-state index in [9.17, 15) is 4.79 Å². The first kappa shape index (κ1) is 8.72. The predicted octanol–water partition coefficient (Wildman–Crippen LogP) is -0.373. The third kappa shape index (κ3) is 1.18. The number of hydrogen-bond donors (Lipinski definition) is 2. The van der Waals surface area contributed by atoms with Crippen LogP contribution in [0.15, 0.2) is 0 Å². The Labute approximate surface area is 84.6 Å². The third-order valence-corrected chi connectivity index (χ3v) is 4.42. The van der Waals surface area contributed by atoms with E-state index in [0.29, 0.717) is 11.8 Å². The summed E-state index contributed by atoms with van der Waals surface area (Å²) in [7, 11) is 0. The van der Waals surface area contributed by atoms with Gasteiger partial charge in [-0.3, -0.25) is 4.79 Å². The van der Waals surface area contributed by atoms with Crippen molar-refractivity contribution in [3.63, 3.8) is 0 Å². The standard InChI is InChI=1S/C11H18N2O/c14-11-10-8(5-6-12-11)7-3-1-2-4-9(7)13-10/h7-10,13H,1-6H2,(H,12,14)/p+1/t7-,8+,9-,10-/m1/s1. The van der Waals surface area contributed by atoms with Crippen molar-refractivity contribution in [1.82, 2.24) is 5.32 Å². The van der Waals surface area contributed by atoms with E-state index >= 15 is 0 Å². The maximum atomic E-state index is 11.7. The van der Waals surface area contributed by atoms with Crippen LogP contribution in [0.3, 0.4) is 0 Å². The lowest BCUT2D eigenvalue weighted by Crippen LogP contribution is -2.95. The van der Waals surface area contributed by atoms with Crippen LogP contribution >= 0.6 is 0 Å². The summed E-state index contributed by atoms with van der Waals surface area (Å²) in [6, 6.07) is 1.03. The van der Waals surface area contributed by atoms with E-state index in [0.717, 1.165) is 18.5 Å². The molecule has 0 radical (unpaired) electrons. The van der Waals surface area contributed by atoms with E-state index in [1.54, 1.807) is 0 Å². The van der Waals surface area contributed by atoms with Gasteiger partial charge in [-0.05, 0) is 25.7 Å². The highest BCUT2D eigenvalue weighted by molar-refractivity contribution is 5.81. The molecule has 78 valence electrons. The van der Waals surface area contributed by atoms with Crippen molar-refractivity contribution in [3.05, 3.63) is 0 Å². The number of rotatable bonds is 0. The van der Waals surface area contributed by atoms with Crippen LogP contribution in [-0.2, 0) is 4.79 Å². The summed E-state index contributed by atoms with van der Waals surface area (Å²) in [5.74, 6) is 1.84. The number of nitrogens with two attached hydrogens (primary N) is 1. The zero-order valence-corrected chi connectivity index (χ0v) is 8.54. The summed E-state index contributed by atoms with van der Waals surface area (Å²) < 4.78 is 0. The molecule has 3 aliphatic rings. The summed E-state index contributed by atoms with van der Waals surface area (Å²) in [4.78, 5) is 11.7. The minimum atomic E-state index is 0.261. The van der Waals surface area contributed by atoms with Crippen LogP contribution < -0.4 is 10.6 Å². The molecule has 0 unspecified atom stereocenters. The third-order valence-electron chi connectivity index (χ3n) is 4.42. The molecular weight excluding hydrogens is 176 g/mol. The van der Waals surface area contributed by atoms with E-state index in [-0.39, 0.29) is 6.04 Å². The second-order valence-electron chi connectivity index (χ2n) is 5.07. The van der Waals surface area contributed by atoms with Gasteiger partial charge >= 0.3 is 0 Å². The largest absolute Gasteiger partial charge is 0.351 e. The van der Waals surface area contributed by atoms with Gasteiger partial charge in [0.1, 0.15) is 0 Å². The van der Waals surface area contributed by atoms with E-state index in [1.165, 1.54) is 32.1 Å². The average Bonchev–Trinajstić information content (AvgIpc) is 2.59. The molecule has 0 spiro atoms.